The zero-order valence-corrected chi connectivity index (χ0v) is 7.45. The monoisotopic (exact) mass is 194 g/mol. The third kappa shape index (κ3) is 1.92. The van der Waals surface area contributed by atoms with E-state index < -0.39 is 9.84 Å². The SMILES string of the molecule is C=CS(=O)(=O)c1ccc(C#N)cn1. The Morgan fingerprint density at radius 1 is 1.54 bits per heavy atom. The van der Waals surface area contributed by atoms with Gasteiger partial charge in [-0.25, -0.2) is 13.4 Å². The van der Waals surface area contributed by atoms with Crippen LogP contribution in [0, 0.1) is 11.3 Å². The molecule has 1 rings (SSSR count). The lowest BCUT2D eigenvalue weighted by Gasteiger charge is -1.95. The highest BCUT2D eigenvalue weighted by Crippen LogP contribution is 2.08. The Bertz CT molecular complexity index is 454. The normalized spacial score (nSPS) is 10.4. The molecule has 0 saturated heterocycles. The van der Waals surface area contributed by atoms with Crippen molar-refractivity contribution in [3.8, 4) is 6.07 Å². The van der Waals surface area contributed by atoms with Crippen LogP contribution in [0.25, 0.3) is 0 Å². The smallest absolute Gasteiger partial charge is 0.216 e. The fraction of sp³-hybridized carbons (Fsp3) is 0. The fourth-order valence-electron chi connectivity index (χ4n) is 0.700. The number of nitrogens with zero attached hydrogens (tertiary/aromatic N) is 2. The molecule has 0 fully saturated rings. The van der Waals surface area contributed by atoms with Crippen molar-refractivity contribution in [2.45, 2.75) is 5.03 Å². The molecule has 1 aromatic heterocycles. The van der Waals surface area contributed by atoms with Crippen LogP contribution >= 0.6 is 0 Å². The Morgan fingerprint density at radius 3 is 2.62 bits per heavy atom. The van der Waals surface area contributed by atoms with Gasteiger partial charge < -0.3 is 0 Å². The van der Waals surface area contributed by atoms with E-state index >= 15 is 0 Å². The summed E-state index contributed by atoms with van der Waals surface area (Å²) in [5.74, 6) is 0. The van der Waals surface area contributed by atoms with E-state index in [0.717, 1.165) is 5.41 Å². The Balaban J connectivity index is 3.23. The van der Waals surface area contributed by atoms with Gasteiger partial charge in [0.25, 0.3) is 0 Å². The number of nitriles is 1. The minimum absolute atomic E-state index is 0.0958. The summed E-state index contributed by atoms with van der Waals surface area (Å²) in [4.78, 5) is 3.61. The van der Waals surface area contributed by atoms with E-state index in [1.165, 1.54) is 18.3 Å². The van der Waals surface area contributed by atoms with Crippen molar-refractivity contribution in [3.05, 3.63) is 35.9 Å². The molecule has 0 N–H and O–H groups in total. The average Bonchev–Trinajstić information content (AvgIpc) is 2.18. The third-order valence-electron chi connectivity index (χ3n) is 1.38. The van der Waals surface area contributed by atoms with Gasteiger partial charge in [-0.05, 0) is 12.1 Å². The van der Waals surface area contributed by atoms with Gasteiger partial charge in [0.05, 0.1) is 5.56 Å². The molecule has 4 nitrogen and oxygen atoms in total. The molecule has 0 aliphatic carbocycles. The molecule has 13 heavy (non-hydrogen) atoms. The highest BCUT2D eigenvalue weighted by Gasteiger charge is 2.09. The molecule has 0 aliphatic rings. The molecule has 1 aromatic rings. The van der Waals surface area contributed by atoms with Crippen molar-refractivity contribution < 1.29 is 8.42 Å². The molecular weight excluding hydrogens is 188 g/mol. The molecule has 5 heteroatoms. The van der Waals surface area contributed by atoms with E-state index in [9.17, 15) is 8.42 Å². The quantitative estimate of drug-likeness (QED) is 0.700. The maximum Gasteiger partial charge on any atom is 0.216 e. The molecule has 1 heterocycles. The van der Waals surface area contributed by atoms with Crippen LogP contribution in [0.15, 0.2) is 35.3 Å². The van der Waals surface area contributed by atoms with Crippen LogP contribution in [0.3, 0.4) is 0 Å². The molecule has 0 spiro atoms. The standard InChI is InChI=1S/C8H6N2O2S/c1-2-13(11,12)8-4-3-7(5-9)6-10-8/h2-4,6H,1H2. The highest BCUT2D eigenvalue weighted by molar-refractivity contribution is 7.94. The number of rotatable bonds is 2. The molecule has 0 unspecified atom stereocenters. The van der Waals surface area contributed by atoms with Gasteiger partial charge in [0, 0.05) is 11.6 Å². The van der Waals surface area contributed by atoms with Crippen LogP contribution in [0.2, 0.25) is 0 Å². The molecule has 0 amide bonds. The summed E-state index contributed by atoms with van der Waals surface area (Å²) in [5.41, 5.74) is 0.322. The van der Waals surface area contributed by atoms with Gasteiger partial charge in [0.1, 0.15) is 6.07 Å². The Morgan fingerprint density at radius 2 is 2.23 bits per heavy atom. The van der Waals surface area contributed by atoms with E-state index in [2.05, 4.69) is 11.6 Å². The summed E-state index contributed by atoms with van der Waals surface area (Å²) >= 11 is 0. The van der Waals surface area contributed by atoms with Crippen molar-refractivity contribution in [2.75, 3.05) is 0 Å². The van der Waals surface area contributed by atoms with Crippen LogP contribution in [0.4, 0.5) is 0 Å². The average molecular weight is 194 g/mol. The number of sulfone groups is 1. The van der Waals surface area contributed by atoms with Crippen molar-refractivity contribution in [1.29, 1.82) is 5.26 Å². The number of aromatic nitrogens is 1. The fourth-order valence-corrected chi connectivity index (χ4v) is 1.33. The summed E-state index contributed by atoms with van der Waals surface area (Å²) in [5, 5.41) is 9.15. The van der Waals surface area contributed by atoms with Crippen molar-refractivity contribution >= 4 is 9.84 Å². The molecule has 0 radical (unpaired) electrons. The second-order valence-electron chi connectivity index (χ2n) is 2.21. The largest absolute Gasteiger partial charge is 0.243 e. The summed E-state index contributed by atoms with van der Waals surface area (Å²) in [6.07, 6.45) is 1.20. The van der Waals surface area contributed by atoms with E-state index in [1.807, 2.05) is 6.07 Å². The van der Waals surface area contributed by atoms with E-state index in [0.29, 0.717) is 5.56 Å². The predicted molar refractivity (Wildman–Crippen MR) is 46.3 cm³/mol. The first-order valence-electron chi connectivity index (χ1n) is 3.34. The molecule has 0 saturated carbocycles. The second-order valence-corrected chi connectivity index (χ2v) is 4.05. The van der Waals surface area contributed by atoms with E-state index in [1.54, 1.807) is 0 Å². The zero-order chi connectivity index (χ0) is 9.90. The highest BCUT2D eigenvalue weighted by atomic mass is 32.2. The first kappa shape index (κ1) is 9.42. The van der Waals surface area contributed by atoms with Gasteiger partial charge in [-0.3, -0.25) is 0 Å². The Hall–Kier alpha value is -1.67. The molecule has 0 bridgehead atoms. The molecule has 0 atom stereocenters. The lowest BCUT2D eigenvalue weighted by molar-refractivity contribution is 0.601. The molecule has 0 aromatic carbocycles. The maximum atomic E-state index is 11.1. The molecule has 66 valence electrons. The number of hydrogen-bond acceptors (Lipinski definition) is 4. The minimum atomic E-state index is -3.48. The van der Waals surface area contributed by atoms with Gasteiger partial charge in [-0.1, -0.05) is 6.58 Å². The van der Waals surface area contributed by atoms with Crippen LogP contribution in [0.1, 0.15) is 5.56 Å². The lowest BCUT2D eigenvalue weighted by Crippen LogP contribution is -1.98. The van der Waals surface area contributed by atoms with Gasteiger partial charge in [-0.2, -0.15) is 5.26 Å². The van der Waals surface area contributed by atoms with Gasteiger partial charge in [0.15, 0.2) is 5.03 Å². The first-order valence-corrected chi connectivity index (χ1v) is 4.88. The van der Waals surface area contributed by atoms with Crippen LogP contribution in [-0.4, -0.2) is 13.4 Å². The maximum absolute atomic E-state index is 11.1. The summed E-state index contributed by atoms with van der Waals surface area (Å²) in [7, 11) is -3.48. The van der Waals surface area contributed by atoms with E-state index in [4.69, 9.17) is 5.26 Å². The van der Waals surface area contributed by atoms with Gasteiger partial charge in [-0.15, -0.1) is 0 Å². The third-order valence-corrected chi connectivity index (χ3v) is 2.64. The summed E-state index contributed by atoms with van der Waals surface area (Å²) < 4.78 is 22.3. The van der Waals surface area contributed by atoms with Crippen molar-refractivity contribution in [3.63, 3.8) is 0 Å². The Labute approximate surface area is 76.1 Å². The predicted octanol–water partition coefficient (Wildman–Crippen LogP) is 0.870. The van der Waals surface area contributed by atoms with Crippen molar-refractivity contribution in [2.24, 2.45) is 0 Å². The minimum Gasteiger partial charge on any atom is -0.243 e. The van der Waals surface area contributed by atoms with E-state index in [-0.39, 0.29) is 5.03 Å². The van der Waals surface area contributed by atoms with Crippen LogP contribution < -0.4 is 0 Å². The zero-order valence-electron chi connectivity index (χ0n) is 6.64. The summed E-state index contributed by atoms with van der Waals surface area (Å²) in [6, 6.07) is 4.51. The summed E-state index contributed by atoms with van der Waals surface area (Å²) in [6.45, 7) is 3.16. The van der Waals surface area contributed by atoms with Crippen molar-refractivity contribution in [1.82, 2.24) is 4.98 Å². The molecule has 0 aliphatic heterocycles. The Kier molecular flexibility index (Phi) is 2.44. The van der Waals surface area contributed by atoms with Gasteiger partial charge in [0.2, 0.25) is 9.84 Å². The number of hydrogen-bond donors (Lipinski definition) is 0. The first-order chi connectivity index (χ1) is 6.10. The van der Waals surface area contributed by atoms with Gasteiger partial charge >= 0.3 is 0 Å². The topological polar surface area (TPSA) is 70.8 Å². The molecular formula is C8H6N2O2S. The van der Waals surface area contributed by atoms with Crippen LogP contribution in [-0.2, 0) is 9.84 Å². The lowest BCUT2D eigenvalue weighted by atomic mass is 10.3. The second kappa shape index (κ2) is 3.37. The van der Waals surface area contributed by atoms with Crippen LogP contribution in [0.5, 0.6) is 0 Å². The number of pyridine rings is 1.